The van der Waals surface area contributed by atoms with Crippen molar-refractivity contribution in [3.8, 4) is 0 Å². The molecule has 1 aliphatic rings. The molecule has 0 bridgehead atoms. The maximum Gasteiger partial charge on any atom is 0.332 e. The van der Waals surface area contributed by atoms with Crippen LogP contribution in [0.15, 0.2) is 9.59 Å². The highest BCUT2D eigenvalue weighted by molar-refractivity contribution is 5.69. The summed E-state index contributed by atoms with van der Waals surface area (Å²) in [6.07, 6.45) is 6.06. The lowest BCUT2D eigenvalue weighted by molar-refractivity contribution is 0.315. The Bertz CT molecular complexity index is 762. The van der Waals surface area contributed by atoms with Crippen LogP contribution >= 0.6 is 0 Å². The molecular formula is C15H22N4O2. The summed E-state index contributed by atoms with van der Waals surface area (Å²) in [6.45, 7) is 4.68. The Balaban J connectivity index is 2.15. The summed E-state index contributed by atoms with van der Waals surface area (Å²) in [7, 11) is 0. The van der Waals surface area contributed by atoms with Gasteiger partial charge in [-0.05, 0) is 32.6 Å². The van der Waals surface area contributed by atoms with Gasteiger partial charge in [0.15, 0.2) is 5.65 Å². The molecule has 1 N–H and O–H groups in total. The Morgan fingerprint density at radius 2 is 1.90 bits per heavy atom. The first-order valence-corrected chi connectivity index (χ1v) is 7.81. The SMILES string of the molecule is CCn1c(=O)c2[nH]c(C)nc2n(CC2CCCCC2)c1=O. The normalized spacial score (nSPS) is 16.7. The summed E-state index contributed by atoms with van der Waals surface area (Å²) in [4.78, 5) is 32.3. The fourth-order valence-corrected chi connectivity index (χ4v) is 3.35. The van der Waals surface area contributed by atoms with Gasteiger partial charge in [-0.2, -0.15) is 0 Å². The van der Waals surface area contributed by atoms with E-state index in [0.29, 0.717) is 36.0 Å². The number of nitrogens with zero attached hydrogens (tertiary/aromatic N) is 3. The van der Waals surface area contributed by atoms with Crippen molar-refractivity contribution in [2.75, 3.05) is 0 Å². The molecule has 2 heterocycles. The number of aromatic amines is 1. The molecule has 21 heavy (non-hydrogen) atoms. The van der Waals surface area contributed by atoms with E-state index in [-0.39, 0.29) is 11.2 Å². The van der Waals surface area contributed by atoms with E-state index in [1.807, 2.05) is 13.8 Å². The van der Waals surface area contributed by atoms with Crippen molar-refractivity contribution in [2.24, 2.45) is 5.92 Å². The van der Waals surface area contributed by atoms with Gasteiger partial charge < -0.3 is 4.98 Å². The van der Waals surface area contributed by atoms with Crippen molar-refractivity contribution in [2.45, 2.75) is 59.0 Å². The van der Waals surface area contributed by atoms with Crippen LogP contribution in [0.3, 0.4) is 0 Å². The molecule has 6 nitrogen and oxygen atoms in total. The molecule has 2 aromatic rings. The van der Waals surface area contributed by atoms with Gasteiger partial charge in [0, 0.05) is 13.1 Å². The van der Waals surface area contributed by atoms with Gasteiger partial charge >= 0.3 is 5.69 Å². The number of imidazole rings is 1. The van der Waals surface area contributed by atoms with E-state index in [0.717, 1.165) is 12.8 Å². The highest BCUT2D eigenvalue weighted by Crippen LogP contribution is 2.25. The standard InChI is InChI=1S/C15H22N4O2/c1-3-18-14(20)12-13(17-10(2)16-12)19(15(18)21)9-11-7-5-4-6-8-11/h11H,3-9H2,1-2H3,(H,16,17). The third-order valence-electron chi connectivity index (χ3n) is 4.46. The van der Waals surface area contributed by atoms with Gasteiger partial charge in [0.1, 0.15) is 11.3 Å². The van der Waals surface area contributed by atoms with E-state index < -0.39 is 0 Å². The molecule has 0 unspecified atom stereocenters. The van der Waals surface area contributed by atoms with Gasteiger partial charge in [0.25, 0.3) is 5.56 Å². The molecule has 0 saturated heterocycles. The van der Waals surface area contributed by atoms with Crippen LogP contribution < -0.4 is 11.2 Å². The second-order valence-corrected chi connectivity index (χ2v) is 5.97. The first-order valence-electron chi connectivity index (χ1n) is 7.81. The minimum atomic E-state index is -0.266. The zero-order valence-electron chi connectivity index (χ0n) is 12.7. The van der Waals surface area contributed by atoms with Gasteiger partial charge in [-0.25, -0.2) is 9.78 Å². The summed E-state index contributed by atoms with van der Waals surface area (Å²) < 4.78 is 2.99. The lowest BCUT2D eigenvalue weighted by atomic mass is 9.89. The molecular weight excluding hydrogens is 268 g/mol. The Morgan fingerprint density at radius 3 is 2.57 bits per heavy atom. The summed E-state index contributed by atoms with van der Waals surface area (Å²) in [5, 5.41) is 0. The molecule has 114 valence electrons. The molecule has 0 spiro atoms. The number of fused-ring (bicyclic) bond motifs is 1. The van der Waals surface area contributed by atoms with E-state index in [1.165, 1.54) is 23.8 Å². The second kappa shape index (κ2) is 5.50. The highest BCUT2D eigenvalue weighted by Gasteiger charge is 2.20. The van der Waals surface area contributed by atoms with Crippen LogP contribution in [0.5, 0.6) is 0 Å². The molecule has 2 aromatic heterocycles. The van der Waals surface area contributed by atoms with Crippen molar-refractivity contribution in [3.63, 3.8) is 0 Å². The van der Waals surface area contributed by atoms with E-state index in [2.05, 4.69) is 9.97 Å². The zero-order chi connectivity index (χ0) is 15.0. The number of nitrogens with one attached hydrogen (secondary N) is 1. The molecule has 1 fully saturated rings. The second-order valence-electron chi connectivity index (χ2n) is 5.97. The average Bonchev–Trinajstić information content (AvgIpc) is 2.87. The molecule has 0 radical (unpaired) electrons. The first-order chi connectivity index (χ1) is 10.1. The van der Waals surface area contributed by atoms with Crippen molar-refractivity contribution in [1.82, 2.24) is 19.1 Å². The minimum absolute atomic E-state index is 0.230. The summed E-state index contributed by atoms with van der Waals surface area (Å²) in [6, 6.07) is 0. The van der Waals surface area contributed by atoms with E-state index in [4.69, 9.17) is 0 Å². The molecule has 0 aliphatic heterocycles. The molecule has 1 aliphatic carbocycles. The predicted molar refractivity (Wildman–Crippen MR) is 81.6 cm³/mol. The monoisotopic (exact) mass is 290 g/mol. The minimum Gasteiger partial charge on any atom is -0.336 e. The van der Waals surface area contributed by atoms with Crippen LogP contribution in [0.4, 0.5) is 0 Å². The Hall–Kier alpha value is -1.85. The third kappa shape index (κ3) is 2.43. The molecule has 1 saturated carbocycles. The Morgan fingerprint density at radius 1 is 1.19 bits per heavy atom. The van der Waals surface area contributed by atoms with Crippen LogP contribution in [0, 0.1) is 12.8 Å². The molecule has 6 heteroatoms. The number of hydrogen-bond acceptors (Lipinski definition) is 3. The quantitative estimate of drug-likeness (QED) is 0.936. The number of hydrogen-bond donors (Lipinski definition) is 1. The smallest absolute Gasteiger partial charge is 0.332 e. The van der Waals surface area contributed by atoms with Gasteiger partial charge in [-0.1, -0.05) is 19.3 Å². The van der Waals surface area contributed by atoms with Crippen molar-refractivity contribution < 1.29 is 0 Å². The van der Waals surface area contributed by atoms with Gasteiger partial charge in [0.05, 0.1) is 0 Å². The fraction of sp³-hybridized carbons (Fsp3) is 0.667. The van der Waals surface area contributed by atoms with Gasteiger partial charge in [-0.15, -0.1) is 0 Å². The predicted octanol–water partition coefficient (Wildman–Crippen LogP) is 1.79. The summed E-state index contributed by atoms with van der Waals surface area (Å²) >= 11 is 0. The third-order valence-corrected chi connectivity index (χ3v) is 4.46. The Kier molecular flexibility index (Phi) is 3.69. The van der Waals surface area contributed by atoms with Crippen LogP contribution in [-0.4, -0.2) is 19.1 Å². The number of aryl methyl sites for hydroxylation is 1. The first kappa shape index (κ1) is 14.1. The topological polar surface area (TPSA) is 72.7 Å². The molecule has 0 aromatic carbocycles. The lowest BCUT2D eigenvalue weighted by Gasteiger charge is -2.22. The molecule has 0 atom stereocenters. The van der Waals surface area contributed by atoms with Gasteiger partial charge in [-0.3, -0.25) is 13.9 Å². The lowest BCUT2D eigenvalue weighted by Crippen LogP contribution is -2.40. The Labute approximate surface area is 122 Å². The fourth-order valence-electron chi connectivity index (χ4n) is 3.35. The number of aromatic nitrogens is 4. The maximum atomic E-state index is 12.6. The van der Waals surface area contributed by atoms with E-state index in [1.54, 1.807) is 4.57 Å². The average molecular weight is 290 g/mol. The van der Waals surface area contributed by atoms with Crippen molar-refractivity contribution in [3.05, 3.63) is 26.7 Å². The number of H-pyrrole nitrogens is 1. The van der Waals surface area contributed by atoms with Crippen molar-refractivity contribution in [1.29, 1.82) is 0 Å². The van der Waals surface area contributed by atoms with E-state index in [9.17, 15) is 9.59 Å². The van der Waals surface area contributed by atoms with E-state index >= 15 is 0 Å². The summed E-state index contributed by atoms with van der Waals surface area (Å²) in [5.74, 6) is 1.19. The summed E-state index contributed by atoms with van der Waals surface area (Å²) in [5.41, 5.74) is 0.465. The molecule has 0 amide bonds. The largest absolute Gasteiger partial charge is 0.336 e. The zero-order valence-corrected chi connectivity index (χ0v) is 12.7. The van der Waals surface area contributed by atoms with Crippen LogP contribution in [0.1, 0.15) is 44.9 Å². The van der Waals surface area contributed by atoms with Gasteiger partial charge in [0.2, 0.25) is 0 Å². The molecule has 3 rings (SSSR count). The van der Waals surface area contributed by atoms with Crippen molar-refractivity contribution >= 4 is 11.2 Å². The maximum absolute atomic E-state index is 12.6. The highest BCUT2D eigenvalue weighted by atomic mass is 16.2. The van der Waals surface area contributed by atoms with Crippen LogP contribution in [-0.2, 0) is 13.1 Å². The number of rotatable bonds is 3. The van der Waals surface area contributed by atoms with Crippen LogP contribution in [0.2, 0.25) is 0 Å². The van der Waals surface area contributed by atoms with Crippen LogP contribution in [0.25, 0.3) is 11.2 Å².